The number of carbonyl (C=O) groups is 1. The van der Waals surface area contributed by atoms with Crippen LogP contribution in [0.5, 0.6) is 0 Å². The molecular weight excluding hydrogens is 538 g/mol. The van der Waals surface area contributed by atoms with E-state index in [4.69, 9.17) is 4.42 Å². The Kier molecular flexibility index (Phi) is 6.40. The van der Waals surface area contributed by atoms with Crippen LogP contribution in [0.1, 0.15) is 31.2 Å². The minimum absolute atomic E-state index is 0.142. The Morgan fingerprint density at radius 2 is 1.78 bits per heavy atom. The Hall–Kier alpha value is -3.49. The van der Waals surface area contributed by atoms with Crippen molar-refractivity contribution in [3.63, 3.8) is 0 Å². The number of thiazole rings is 1. The normalized spacial score (nSPS) is 15.6. The predicted octanol–water partition coefficient (Wildman–Crippen LogP) is 4.91. The van der Waals surface area contributed by atoms with E-state index in [1.165, 1.54) is 18.3 Å². The van der Waals surface area contributed by atoms with Gasteiger partial charge in [-0.15, -0.1) is 0 Å². The van der Waals surface area contributed by atoms with Gasteiger partial charge in [-0.05, 0) is 61.9 Å². The van der Waals surface area contributed by atoms with E-state index in [-0.39, 0.29) is 11.3 Å². The molecule has 2 aromatic carbocycles. The van der Waals surface area contributed by atoms with Crippen LogP contribution in [0.4, 0.5) is 5.69 Å². The van der Waals surface area contributed by atoms with Crippen LogP contribution < -0.4 is 19.8 Å². The quantitative estimate of drug-likeness (QED) is 0.347. The van der Waals surface area contributed by atoms with Crippen molar-refractivity contribution in [2.75, 3.05) is 19.0 Å². The van der Waals surface area contributed by atoms with Gasteiger partial charge >= 0.3 is 0 Å². The largest absolute Gasteiger partial charge is 0.458 e. The first-order valence-electron chi connectivity index (χ1n) is 11.4. The molecular formula is C28H24BrN3O3S. The van der Waals surface area contributed by atoms with Crippen LogP contribution in [0, 0.1) is 0 Å². The third-order valence-electron chi connectivity index (χ3n) is 6.13. The fourth-order valence-corrected chi connectivity index (χ4v) is 5.64. The second-order valence-corrected chi connectivity index (χ2v) is 10.8. The summed E-state index contributed by atoms with van der Waals surface area (Å²) in [6.07, 6.45) is 1.86. The topological polar surface area (TPSA) is 67.8 Å². The van der Waals surface area contributed by atoms with Gasteiger partial charge in [0.2, 0.25) is 0 Å². The molecule has 182 valence electrons. The lowest BCUT2D eigenvalue weighted by atomic mass is 9.98. The number of hydrogen-bond donors (Lipinski definition) is 0. The number of fused-ring (bicyclic) bond motifs is 1. The number of anilines is 1. The molecule has 2 aromatic heterocycles. The summed E-state index contributed by atoms with van der Waals surface area (Å²) in [5.41, 5.74) is 3.75. The zero-order valence-electron chi connectivity index (χ0n) is 20.3. The number of carbonyl (C=O) groups excluding carboxylic acids is 1. The summed E-state index contributed by atoms with van der Waals surface area (Å²) in [5.74, 6) is 1.05. The summed E-state index contributed by atoms with van der Waals surface area (Å²) in [5, 5.41) is 0. The number of benzene rings is 2. The highest BCUT2D eigenvalue weighted by Gasteiger charge is 2.33. The fourth-order valence-electron chi connectivity index (χ4n) is 4.33. The van der Waals surface area contributed by atoms with E-state index in [1.54, 1.807) is 11.5 Å². The van der Waals surface area contributed by atoms with E-state index in [9.17, 15) is 9.59 Å². The van der Waals surface area contributed by atoms with Crippen LogP contribution in [-0.2, 0) is 4.79 Å². The molecule has 0 saturated heterocycles. The third kappa shape index (κ3) is 4.42. The van der Waals surface area contributed by atoms with Crippen LogP contribution in [-0.4, -0.2) is 24.4 Å². The van der Waals surface area contributed by atoms with Gasteiger partial charge in [0.15, 0.2) is 10.6 Å². The zero-order chi connectivity index (χ0) is 25.6. The molecule has 1 aliphatic rings. The molecule has 0 N–H and O–H groups in total. The van der Waals surface area contributed by atoms with E-state index < -0.39 is 6.04 Å². The van der Waals surface area contributed by atoms with Crippen LogP contribution in [0.15, 0.2) is 90.6 Å². The Morgan fingerprint density at radius 3 is 2.42 bits per heavy atom. The number of nitrogens with zero attached hydrogens (tertiary/aromatic N) is 3. The fraction of sp³-hybridized carbons (Fsp3) is 0.179. The Bertz CT molecular complexity index is 1670. The van der Waals surface area contributed by atoms with Crippen molar-refractivity contribution in [2.45, 2.75) is 19.9 Å². The molecule has 0 radical (unpaired) electrons. The second kappa shape index (κ2) is 9.52. The number of rotatable bonds is 5. The number of halogens is 1. The molecule has 6 nitrogen and oxygen atoms in total. The molecule has 0 unspecified atom stereocenters. The maximum Gasteiger partial charge on any atom is 0.271 e. The van der Waals surface area contributed by atoms with E-state index in [0.717, 1.165) is 21.3 Å². The van der Waals surface area contributed by atoms with Crippen LogP contribution >= 0.6 is 27.3 Å². The zero-order valence-corrected chi connectivity index (χ0v) is 22.7. The molecule has 0 bridgehead atoms. The highest BCUT2D eigenvalue weighted by Crippen LogP contribution is 2.34. The van der Waals surface area contributed by atoms with Crippen LogP contribution in [0.2, 0.25) is 0 Å². The van der Waals surface area contributed by atoms with Crippen molar-refractivity contribution >= 4 is 44.8 Å². The molecule has 8 heteroatoms. The van der Waals surface area contributed by atoms with Crippen molar-refractivity contribution in [1.29, 1.82) is 0 Å². The minimum atomic E-state index is -0.679. The highest BCUT2D eigenvalue weighted by atomic mass is 79.9. The first kappa shape index (κ1) is 24.2. The number of Topliss-reactive ketones (excluding diaryl/α,β-unsaturated/α-hetero) is 1. The predicted molar refractivity (Wildman–Crippen MR) is 147 cm³/mol. The number of furan rings is 1. The smallest absolute Gasteiger partial charge is 0.271 e. The number of hydrogen-bond acceptors (Lipinski definition) is 6. The molecule has 0 fully saturated rings. The van der Waals surface area contributed by atoms with E-state index >= 15 is 0 Å². The number of allylic oxidation sites excluding steroid dienone is 2. The second-order valence-electron chi connectivity index (χ2n) is 8.83. The molecule has 36 heavy (non-hydrogen) atoms. The van der Waals surface area contributed by atoms with Gasteiger partial charge in [0.1, 0.15) is 17.6 Å². The minimum Gasteiger partial charge on any atom is -0.458 e. The first-order chi connectivity index (χ1) is 17.2. The Balaban J connectivity index is 1.64. The maximum atomic E-state index is 13.7. The highest BCUT2D eigenvalue weighted by molar-refractivity contribution is 9.10. The van der Waals surface area contributed by atoms with Gasteiger partial charge in [-0.3, -0.25) is 14.2 Å². The first-order valence-corrected chi connectivity index (χ1v) is 13.0. The Morgan fingerprint density at radius 1 is 1.08 bits per heavy atom. The summed E-state index contributed by atoms with van der Waals surface area (Å²) in [6, 6.07) is 18.8. The van der Waals surface area contributed by atoms with Crippen molar-refractivity contribution < 1.29 is 9.21 Å². The molecule has 0 amide bonds. The van der Waals surface area contributed by atoms with Crippen molar-refractivity contribution in [2.24, 2.45) is 4.99 Å². The molecule has 0 spiro atoms. The SMILES string of the molecule is CC(=O)C1=C(C)N=c2s/c(=C/c3ccc(N(C)C)cc3)c(=O)n2[C@H]1c1ccc(-c2ccc(Br)cc2)o1. The third-order valence-corrected chi connectivity index (χ3v) is 7.64. The summed E-state index contributed by atoms with van der Waals surface area (Å²) < 4.78 is 9.34. The summed E-state index contributed by atoms with van der Waals surface area (Å²) in [7, 11) is 3.97. The average Bonchev–Trinajstić information content (AvgIpc) is 3.44. The van der Waals surface area contributed by atoms with E-state index in [0.29, 0.717) is 32.1 Å². The Labute approximate surface area is 220 Å². The van der Waals surface area contributed by atoms with Crippen molar-refractivity contribution in [3.05, 3.63) is 107 Å². The molecule has 0 aliphatic carbocycles. The summed E-state index contributed by atoms with van der Waals surface area (Å²) >= 11 is 4.76. The molecule has 3 heterocycles. The molecule has 0 saturated carbocycles. The van der Waals surface area contributed by atoms with Gasteiger partial charge in [0.05, 0.1) is 4.53 Å². The maximum absolute atomic E-state index is 13.7. The van der Waals surface area contributed by atoms with Crippen molar-refractivity contribution in [1.82, 2.24) is 4.57 Å². The van der Waals surface area contributed by atoms with Gasteiger partial charge in [-0.25, -0.2) is 4.99 Å². The van der Waals surface area contributed by atoms with Gasteiger partial charge in [0.25, 0.3) is 5.56 Å². The lowest BCUT2D eigenvalue weighted by Gasteiger charge is -2.22. The lowest BCUT2D eigenvalue weighted by molar-refractivity contribution is -0.114. The molecule has 5 rings (SSSR count). The number of aromatic nitrogens is 1. The van der Waals surface area contributed by atoms with Crippen LogP contribution in [0.3, 0.4) is 0 Å². The van der Waals surface area contributed by atoms with Gasteiger partial charge in [-0.1, -0.05) is 51.5 Å². The van der Waals surface area contributed by atoms with Crippen molar-refractivity contribution in [3.8, 4) is 11.3 Å². The molecule has 4 aromatic rings. The monoisotopic (exact) mass is 561 g/mol. The average molecular weight is 562 g/mol. The standard InChI is InChI=1S/C28H24BrN3O3S/c1-16-25(17(2)33)26(23-14-13-22(35-23)19-7-9-20(29)10-8-19)32-27(34)24(36-28(32)30-16)15-18-5-11-21(12-6-18)31(3)4/h5-15,26H,1-4H3/b24-15+/t26-/m0/s1. The van der Waals surface area contributed by atoms with Crippen LogP contribution in [0.25, 0.3) is 17.4 Å². The lowest BCUT2D eigenvalue weighted by Crippen LogP contribution is -2.39. The summed E-state index contributed by atoms with van der Waals surface area (Å²) in [6.45, 7) is 3.31. The van der Waals surface area contributed by atoms with E-state index in [2.05, 4.69) is 20.9 Å². The molecule has 1 atom stereocenters. The van der Waals surface area contributed by atoms with Gasteiger partial charge < -0.3 is 9.32 Å². The van der Waals surface area contributed by atoms with Gasteiger partial charge in [0, 0.05) is 41.1 Å². The number of ketones is 1. The van der Waals surface area contributed by atoms with Gasteiger partial charge in [-0.2, -0.15) is 0 Å². The van der Waals surface area contributed by atoms with E-state index in [1.807, 2.05) is 85.7 Å². The molecule has 1 aliphatic heterocycles. The summed E-state index contributed by atoms with van der Waals surface area (Å²) in [4.78, 5) is 33.6.